The fourth-order valence-corrected chi connectivity index (χ4v) is 3.37. The van der Waals surface area contributed by atoms with Crippen molar-refractivity contribution in [2.45, 2.75) is 58.9 Å². The first kappa shape index (κ1) is 21.9. The summed E-state index contributed by atoms with van der Waals surface area (Å²) in [6.07, 6.45) is 11.1. The summed E-state index contributed by atoms with van der Waals surface area (Å²) in [5.74, 6) is 0.613. The van der Waals surface area contributed by atoms with Crippen LogP contribution in [0.1, 0.15) is 62.4 Å². The molecule has 1 heterocycles. The maximum atomic E-state index is 12.3. The van der Waals surface area contributed by atoms with E-state index in [-0.39, 0.29) is 17.9 Å². The van der Waals surface area contributed by atoms with E-state index < -0.39 is 0 Å². The predicted octanol–water partition coefficient (Wildman–Crippen LogP) is 4.95. The quantitative estimate of drug-likeness (QED) is 0.448. The van der Waals surface area contributed by atoms with E-state index in [1.807, 2.05) is 17.0 Å². The van der Waals surface area contributed by atoms with Gasteiger partial charge in [-0.3, -0.25) is 4.79 Å². The molecule has 0 N–H and O–H groups in total. The Kier molecular flexibility index (Phi) is 8.49. The highest BCUT2D eigenvalue weighted by atomic mass is 16.5. The SMILES string of the molecule is COC(=O)c1ccc(CCN2C(=O)CC[C@@H]2/C=C/C=C(\C)CCC(C)C)cc1. The van der Waals surface area contributed by atoms with Crippen molar-refractivity contribution in [3.8, 4) is 0 Å². The maximum Gasteiger partial charge on any atom is 0.337 e. The Hall–Kier alpha value is -2.36. The number of rotatable bonds is 9. The third kappa shape index (κ3) is 6.66. The molecule has 0 aromatic heterocycles. The van der Waals surface area contributed by atoms with Gasteiger partial charge < -0.3 is 9.64 Å². The number of allylic oxidation sites excluding steroid dienone is 3. The summed E-state index contributed by atoms with van der Waals surface area (Å²) in [6, 6.07) is 7.58. The Morgan fingerprint density at radius 3 is 2.64 bits per heavy atom. The van der Waals surface area contributed by atoms with E-state index >= 15 is 0 Å². The van der Waals surface area contributed by atoms with Crippen molar-refractivity contribution in [1.82, 2.24) is 4.90 Å². The van der Waals surface area contributed by atoms with Crippen LogP contribution in [0.25, 0.3) is 0 Å². The number of nitrogens with zero attached hydrogens (tertiary/aromatic N) is 1. The van der Waals surface area contributed by atoms with Gasteiger partial charge in [0, 0.05) is 13.0 Å². The third-order valence-corrected chi connectivity index (χ3v) is 5.22. The van der Waals surface area contributed by atoms with Gasteiger partial charge in [0.25, 0.3) is 0 Å². The van der Waals surface area contributed by atoms with Gasteiger partial charge >= 0.3 is 5.97 Å². The molecule has 0 saturated carbocycles. The first-order chi connectivity index (χ1) is 13.4. The van der Waals surface area contributed by atoms with Crippen molar-refractivity contribution in [3.63, 3.8) is 0 Å². The van der Waals surface area contributed by atoms with Gasteiger partial charge in [0.05, 0.1) is 18.7 Å². The highest BCUT2D eigenvalue weighted by Crippen LogP contribution is 2.21. The molecule has 4 nitrogen and oxygen atoms in total. The number of benzene rings is 1. The number of ether oxygens (including phenoxy) is 1. The lowest BCUT2D eigenvalue weighted by atomic mass is 10.0. The molecule has 0 spiro atoms. The van der Waals surface area contributed by atoms with Crippen molar-refractivity contribution in [1.29, 1.82) is 0 Å². The second-order valence-electron chi connectivity index (χ2n) is 7.96. The van der Waals surface area contributed by atoms with Crippen LogP contribution < -0.4 is 0 Å². The summed E-state index contributed by atoms with van der Waals surface area (Å²) in [5, 5.41) is 0. The molecule has 1 fully saturated rings. The molecule has 1 aromatic rings. The van der Waals surface area contributed by atoms with Crippen molar-refractivity contribution in [3.05, 3.63) is 59.2 Å². The van der Waals surface area contributed by atoms with E-state index in [9.17, 15) is 9.59 Å². The molecule has 0 bridgehead atoms. The van der Waals surface area contributed by atoms with Gasteiger partial charge in [-0.2, -0.15) is 0 Å². The van der Waals surface area contributed by atoms with Crippen LogP contribution in [-0.4, -0.2) is 36.5 Å². The van der Waals surface area contributed by atoms with E-state index in [1.54, 1.807) is 12.1 Å². The molecule has 1 saturated heterocycles. The number of methoxy groups -OCH3 is 1. The average Bonchev–Trinajstić information content (AvgIpc) is 3.04. The molecular formula is C24H33NO3. The number of esters is 1. The topological polar surface area (TPSA) is 46.6 Å². The van der Waals surface area contributed by atoms with Gasteiger partial charge in [-0.1, -0.05) is 49.8 Å². The van der Waals surface area contributed by atoms with E-state index in [1.165, 1.54) is 19.1 Å². The highest BCUT2D eigenvalue weighted by molar-refractivity contribution is 5.89. The fraction of sp³-hybridized carbons (Fsp3) is 0.500. The van der Waals surface area contributed by atoms with Crippen LogP contribution >= 0.6 is 0 Å². The summed E-state index contributed by atoms with van der Waals surface area (Å²) in [6.45, 7) is 7.35. The van der Waals surface area contributed by atoms with Crippen molar-refractivity contribution in [2.75, 3.05) is 13.7 Å². The molecule has 1 aliphatic heterocycles. The summed E-state index contributed by atoms with van der Waals surface area (Å²) >= 11 is 0. The van der Waals surface area contributed by atoms with Crippen molar-refractivity contribution >= 4 is 11.9 Å². The number of amides is 1. The van der Waals surface area contributed by atoms with Gasteiger partial charge in [-0.05, 0) is 56.2 Å². The largest absolute Gasteiger partial charge is 0.465 e. The molecule has 4 heteroatoms. The van der Waals surface area contributed by atoms with E-state index in [2.05, 4.69) is 39.0 Å². The molecule has 28 heavy (non-hydrogen) atoms. The number of hydrogen-bond acceptors (Lipinski definition) is 3. The van der Waals surface area contributed by atoms with Crippen LogP contribution in [0.5, 0.6) is 0 Å². The Balaban J connectivity index is 1.90. The molecule has 0 aliphatic carbocycles. The van der Waals surface area contributed by atoms with Crippen LogP contribution in [0.3, 0.4) is 0 Å². The molecule has 1 aromatic carbocycles. The summed E-state index contributed by atoms with van der Waals surface area (Å²) in [7, 11) is 1.38. The standard InChI is InChI=1S/C24H33NO3/c1-18(2)8-9-19(3)6-5-7-22-14-15-23(26)25(22)17-16-20-10-12-21(13-11-20)24(27)28-4/h5-7,10-13,18,22H,8-9,14-17H2,1-4H3/b7-5+,19-6+/t22-/m0/s1. The average molecular weight is 384 g/mol. The lowest BCUT2D eigenvalue weighted by Gasteiger charge is -2.22. The lowest BCUT2D eigenvalue weighted by Crippen LogP contribution is -2.33. The second kappa shape index (κ2) is 10.8. The monoisotopic (exact) mass is 383 g/mol. The van der Waals surface area contributed by atoms with Crippen LogP contribution in [0, 0.1) is 5.92 Å². The first-order valence-corrected chi connectivity index (χ1v) is 10.2. The first-order valence-electron chi connectivity index (χ1n) is 10.2. The zero-order valence-corrected chi connectivity index (χ0v) is 17.6. The normalized spacial score (nSPS) is 17.8. The lowest BCUT2D eigenvalue weighted by molar-refractivity contribution is -0.128. The zero-order chi connectivity index (χ0) is 20.5. The van der Waals surface area contributed by atoms with E-state index in [0.717, 1.165) is 30.7 Å². The van der Waals surface area contributed by atoms with E-state index in [0.29, 0.717) is 18.5 Å². The van der Waals surface area contributed by atoms with Crippen molar-refractivity contribution in [2.24, 2.45) is 5.92 Å². The number of carbonyl (C=O) groups excluding carboxylic acids is 2. The molecule has 1 atom stereocenters. The van der Waals surface area contributed by atoms with E-state index in [4.69, 9.17) is 4.74 Å². The minimum absolute atomic E-state index is 0.177. The van der Waals surface area contributed by atoms with Gasteiger partial charge in [0.1, 0.15) is 0 Å². The Labute approximate surface area is 169 Å². The smallest absolute Gasteiger partial charge is 0.337 e. The molecule has 1 amide bonds. The van der Waals surface area contributed by atoms with Crippen LogP contribution in [0.4, 0.5) is 0 Å². The third-order valence-electron chi connectivity index (χ3n) is 5.22. The zero-order valence-electron chi connectivity index (χ0n) is 17.6. The molecular weight excluding hydrogens is 350 g/mol. The predicted molar refractivity (Wildman–Crippen MR) is 113 cm³/mol. The number of carbonyl (C=O) groups is 2. The fourth-order valence-electron chi connectivity index (χ4n) is 3.37. The minimum atomic E-state index is -0.330. The molecule has 2 rings (SSSR count). The minimum Gasteiger partial charge on any atom is -0.465 e. The van der Waals surface area contributed by atoms with Crippen molar-refractivity contribution < 1.29 is 14.3 Å². The van der Waals surface area contributed by atoms with Crippen LogP contribution in [0.2, 0.25) is 0 Å². The Morgan fingerprint density at radius 1 is 1.29 bits per heavy atom. The Bertz CT molecular complexity index is 716. The van der Waals surface area contributed by atoms with Gasteiger partial charge in [-0.15, -0.1) is 0 Å². The van der Waals surface area contributed by atoms with Gasteiger partial charge in [0.2, 0.25) is 5.91 Å². The summed E-state index contributed by atoms with van der Waals surface area (Å²) in [5.41, 5.74) is 3.04. The number of likely N-dealkylation sites (tertiary alicyclic amines) is 1. The highest BCUT2D eigenvalue weighted by Gasteiger charge is 2.28. The van der Waals surface area contributed by atoms with Crippen LogP contribution in [0.15, 0.2) is 48.1 Å². The Morgan fingerprint density at radius 2 is 2.00 bits per heavy atom. The summed E-state index contributed by atoms with van der Waals surface area (Å²) in [4.78, 5) is 25.8. The van der Waals surface area contributed by atoms with Gasteiger partial charge in [0.15, 0.2) is 0 Å². The summed E-state index contributed by atoms with van der Waals surface area (Å²) < 4.78 is 4.72. The van der Waals surface area contributed by atoms with Gasteiger partial charge in [-0.25, -0.2) is 4.79 Å². The van der Waals surface area contributed by atoms with Crippen LogP contribution in [-0.2, 0) is 16.0 Å². The number of hydrogen-bond donors (Lipinski definition) is 0. The molecule has 0 unspecified atom stereocenters. The molecule has 1 aliphatic rings. The second-order valence-corrected chi connectivity index (χ2v) is 7.96. The molecule has 0 radical (unpaired) electrons. The maximum absolute atomic E-state index is 12.3. The molecule has 152 valence electrons.